The van der Waals surface area contributed by atoms with E-state index in [0.29, 0.717) is 24.2 Å². The lowest BCUT2D eigenvalue weighted by Gasteiger charge is -2.07. The van der Waals surface area contributed by atoms with Crippen molar-refractivity contribution in [3.8, 4) is 0 Å². The fourth-order valence-electron chi connectivity index (χ4n) is 1.79. The van der Waals surface area contributed by atoms with E-state index in [1.54, 1.807) is 6.92 Å². The molecule has 19 heavy (non-hydrogen) atoms. The van der Waals surface area contributed by atoms with Crippen molar-refractivity contribution in [2.75, 3.05) is 17.7 Å². The molecule has 0 radical (unpaired) electrons. The summed E-state index contributed by atoms with van der Waals surface area (Å²) in [4.78, 5) is 13.1. The van der Waals surface area contributed by atoms with Crippen LogP contribution in [0.5, 0.6) is 0 Å². The van der Waals surface area contributed by atoms with Crippen LogP contribution < -0.4 is 10.6 Å². The predicted molar refractivity (Wildman–Crippen MR) is 69.9 cm³/mol. The molecule has 2 aromatic heterocycles. The van der Waals surface area contributed by atoms with Gasteiger partial charge in [-0.25, -0.2) is 9.97 Å². The van der Waals surface area contributed by atoms with Crippen LogP contribution in [-0.2, 0) is 6.54 Å². The van der Waals surface area contributed by atoms with Gasteiger partial charge >= 0.3 is 0 Å². The number of nitrogens with one attached hydrogen (secondary N) is 2. The second-order valence-electron chi connectivity index (χ2n) is 4.61. The Bertz CT molecular complexity index is 577. The first kappa shape index (κ1) is 11.9. The zero-order valence-electron chi connectivity index (χ0n) is 11.0. The summed E-state index contributed by atoms with van der Waals surface area (Å²) in [6, 6.07) is 1.87. The summed E-state index contributed by atoms with van der Waals surface area (Å²) in [6.07, 6.45) is 2.35. The fourth-order valence-corrected chi connectivity index (χ4v) is 1.79. The van der Waals surface area contributed by atoms with E-state index in [4.69, 9.17) is 4.52 Å². The molecule has 0 amide bonds. The first-order valence-corrected chi connectivity index (χ1v) is 6.34. The highest BCUT2D eigenvalue weighted by molar-refractivity contribution is 5.47. The van der Waals surface area contributed by atoms with Gasteiger partial charge < -0.3 is 15.2 Å². The van der Waals surface area contributed by atoms with Crippen molar-refractivity contribution in [2.24, 2.45) is 0 Å². The summed E-state index contributed by atoms with van der Waals surface area (Å²) in [7, 11) is 1.85. The lowest BCUT2D eigenvalue weighted by atomic mass is 10.3. The van der Waals surface area contributed by atoms with Gasteiger partial charge in [-0.1, -0.05) is 5.16 Å². The number of rotatable bonds is 5. The molecule has 1 saturated carbocycles. The van der Waals surface area contributed by atoms with Crippen LogP contribution in [0.15, 0.2) is 10.6 Å². The zero-order valence-corrected chi connectivity index (χ0v) is 11.0. The Hall–Kier alpha value is -2.18. The van der Waals surface area contributed by atoms with Crippen LogP contribution in [0.4, 0.5) is 11.6 Å². The third-order valence-electron chi connectivity index (χ3n) is 2.93. The van der Waals surface area contributed by atoms with Gasteiger partial charge in [0.25, 0.3) is 0 Å². The topological polar surface area (TPSA) is 88.8 Å². The monoisotopic (exact) mass is 260 g/mol. The van der Waals surface area contributed by atoms with Crippen LogP contribution in [0.3, 0.4) is 0 Å². The summed E-state index contributed by atoms with van der Waals surface area (Å²) in [5.74, 6) is 4.19. The summed E-state index contributed by atoms with van der Waals surface area (Å²) >= 11 is 0. The number of hydrogen-bond donors (Lipinski definition) is 2. The molecule has 2 aromatic rings. The number of aryl methyl sites for hydroxylation is 1. The molecule has 0 aromatic carbocycles. The van der Waals surface area contributed by atoms with Crippen LogP contribution in [0.2, 0.25) is 0 Å². The second-order valence-corrected chi connectivity index (χ2v) is 4.61. The van der Waals surface area contributed by atoms with Crippen molar-refractivity contribution < 1.29 is 4.52 Å². The minimum atomic E-state index is 0.463. The molecule has 0 spiro atoms. The summed E-state index contributed by atoms with van der Waals surface area (Å²) < 4.78 is 5.05. The van der Waals surface area contributed by atoms with Gasteiger partial charge in [-0.05, 0) is 19.8 Å². The third-order valence-corrected chi connectivity index (χ3v) is 2.93. The Balaban J connectivity index is 1.74. The molecule has 1 aliphatic carbocycles. The maximum atomic E-state index is 5.05. The molecule has 0 saturated heterocycles. The Kier molecular flexibility index (Phi) is 3.02. The van der Waals surface area contributed by atoms with Gasteiger partial charge in [0, 0.05) is 19.0 Å². The highest BCUT2D eigenvalue weighted by atomic mass is 16.5. The van der Waals surface area contributed by atoms with Crippen molar-refractivity contribution in [2.45, 2.75) is 32.2 Å². The van der Waals surface area contributed by atoms with E-state index in [1.807, 2.05) is 13.1 Å². The number of aromatic nitrogens is 4. The van der Waals surface area contributed by atoms with Crippen LogP contribution >= 0.6 is 0 Å². The summed E-state index contributed by atoms with van der Waals surface area (Å²) in [6.45, 7) is 2.26. The Morgan fingerprint density at radius 2 is 2.05 bits per heavy atom. The smallest absolute Gasteiger partial charge is 0.245 e. The van der Waals surface area contributed by atoms with Gasteiger partial charge in [0.05, 0.1) is 6.54 Å². The van der Waals surface area contributed by atoms with Crippen molar-refractivity contribution >= 4 is 11.6 Å². The average molecular weight is 260 g/mol. The first-order valence-electron chi connectivity index (χ1n) is 6.34. The highest BCUT2D eigenvalue weighted by Gasteiger charge is 2.27. The molecule has 0 bridgehead atoms. The van der Waals surface area contributed by atoms with Gasteiger partial charge in [-0.2, -0.15) is 4.98 Å². The van der Waals surface area contributed by atoms with Gasteiger partial charge in [-0.3, -0.25) is 0 Å². The largest absolute Gasteiger partial charge is 0.373 e. The summed E-state index contributed by atoms with van der Waals surface area (Å²) in [5.41, 5.74) is 0. The van der Waals surface area contributed by atoms with E-state index in [1.165, 1.54) is 12.8 Å². The lowest BCUT2D eigenvalue weighted by molar-refractivity contribution is 0.379. The molecule has 0 atom stereocenters. The SMILES string of the molecule is CNc1cc(NCc2nc(C)no2)nc(C2CC2)n1. The van der Waals surface area contributed by atoms with Crippen molar-refractivity contribution in [1.82, 2.24) is 20.1 Å². The van der Waals surface area contributed by atoms with Gasteiger partial charge in [0.2, 0.25) is 5.89 Å². The molecule has 1 fully saturated rings. The Morgan fingerprint density at radius 1 is 1.26 bits per heavy atom. The fraction of sp³-hybridized carbons (Fsp3) is 0.500. The molecule has 2 heterocycles. The van der Waals surface area contributed by atoms with Crippen molar-refractivity contribution in [3.63, 3.8) is 0 Å². The highest BCUT2D eigenvalue weighted by Crippen LogP contribution is 2.38. The predicted octanol–water partition coefficient (Wildman–Crippen LogP) is 1.70. The maximum absolute atomic E-state index is 5.05. The van der Waals surface area contributed by atoms with Crippen LogP contribution in [0, 0.1) is 6.92 Å². The molecule has 100 valence electrons. The van der Waals surface area contributed by atoms with Gasteiger partial charge in [0.15, 0.2) is 5.82 Å². The van der Waals surface area contributed by atoms with E-state index < -0.39 is 0 Å². The van der Waals surface area contributed by atoms with Gasteiger partial charge in [0.1, 0.15) is 17.5 Å². The number of anilines is 2. The minimum absolute atomic E-state index is 0.463. The van der Waals surface area contributed by atoms with Gasteiger partial charge in [-0.15, -0.1) is 0 Å². The molecule has 7 nitrogen and oxygen atoms in total. The third kappa shape index (κ3) is 2.81. The normalized spacial score (nSPS) is 14.4. The van der Waals surface area contributed by atoms with E-state index in [0.717, 1.165) is 17.5 Å². The van der Waals surface area contributed by atoms with E-state index in [9.17, 15) is 0 Å². The summed E-state index contributed by atoms with van der Waals surface area (Å²) in [5, 5.41) is 9.98. The minimum Gasteiger partial charge on any atom is -0.373 e. The molecule has 0 unspecified atom stereocenters. The Labute approximate surface area is 110 Å². The van der Waals surface area contributed by atoms with Crippen molar-refractivity contribution in [3.05, 3.63) is 23.6 Å². The second kappa shape index (κ2) is 4.83. The standard InChI is InChI=1S/C12H16N6O/c1-7-15-11(19-18-7)6-14-10-5-9(13-2)16-12(17-10)8-3-4-8/h5,8H,3-4,6H2,1-2H3,(H2,13,14,16,17). The molecular formula is C12H16N6O. The average Bonchev–Trinajstić information content (AvgIpc) is 3.19. The molecule has 0 aliphatic heterocycles. The molecule has 3 rings (SSSR count). The molecule has 1 aliphatic rings. The van der Waals surface area contributed by atoms with Crippen LogP contribution in [-0.4, -0.2) is 27.2 Å². The van der Waals surface area contributed by atoms with Crippen LogP contribution in [0.1, 0.15) is 36.3 Å². The number of hydrogen-bond acceptors (Lipinski definition) is 7. The van der Waals surface area contributed by atoms with E-state index in [2.05, 4.69) is 30.7 Å². The van der Waals surface area contributed by atoms with E-state index >= 15 is 0 Å². The molecule has 7 heteroatoms. The molecule has 2 N–H and O–H groups in total. The zero-order chi connectivity index (χ0) is 13.2. The Morgan fingerprint density at radius 3 is 2.68 bits per heavy atom. The van der Waals surface area contributed by atoms with Crippen molar-refractivity contribution in [1.29, 1.82) is 0 Å². The first-order chi connectivity index (χ1) is 9.24. The quantitative estimate of drug-likeness (QED) is 0.845. The van der Waals surface area contributed by atoms with Crippen LogP contribution in [0.25, 0.3) is 0 Å². The lowest BCUT2D eigenvalue weighted by Crippen LogP contribution is -2.06. The maximum Gasteiger partial charge on any atom is 0.245 e. The van der Waals surface area contributed by atoms with E-state index in [-0.39, 0.29) is 0 Å². The number of nitrogens with zero attached hydrogens (tertiary/aromatic N) is 4. The molecular weight excluding hydrogens is 244 g/mol.